The Balaban J connectivity index is 1.45. The van der Waals surface area contributed by atoms with Crippen LogP contribution in [0.3, 0.4) is 0 Å². The number of imide groups is 1. The van der Waals surface area contributed by atoms with Crippen LogP contribution in [0.25, 0.3) is 17.0 Å². The van der Waals surface area contributed by atoms with Crippen molar-refractivity contribution in [3.05, 3.63) is 100.0 Å². The zero-order valence-corrected chi connectivity index (χ0v) is 19.0. The van der Waals surface area contributed by atoms with E-state index in [0.717, 1.165) is 39.4 Å². The molecule has 0 radical (unpaired) electrons. The van der Waals surface area contributed by atoms with Crippen molar-refractivity contribution < 1.29 is 23.9 Å². The number of carboxylic acids is 1. The van der Waals surface area contributed by atoms with E-state index in [9.17, 15) is 14.4 Å². The predicted molar refractivity (Wildman–Crippen MR) is 129 cm³/mol. The summed E-state index contributed by atoms with van der Waals surface area (Å²) in [6, 6.07) is 18.5. The average molecular weight is 473 g/mol. The molecule has 2 amide bonds. The third-order valence-corrected chi connectivity index (χ3v) is 6.51. The van der Waals surface area contributed by atoms with Gasteiger partial charge in [0.25, 0.3) is 11.1 Å². The van der Waals surface area contributed by atoms with Gasteiger partial charge in [-0.15, -0.1) is 0 Å². The molecule has 5 rings (SSSR count). The van der Waals surface area contributed by atoms with Crippen LogP contribution < -0.4 is 0 Å². The molecule has 0 aliphatic carbocycles. The number of thioether (sulfide) groups is 1. The van der Waals surface area contributed by atoms with Gasteiger partial charge >= 0.3 is 5.97 Å². The summed E-state index contributed by atoms with van der Waals surface area (Å²) in [5.74, 6) is -1.05. The fourth-order valence-corrected chi connectivity index (χ4v) is 4.87. The maximum Gasteiger partial charge on any atom is 0.371 e. The van der Waals surface area contributed by atoms with Crippen LogP contribution in [0.4, 0.5) is 4.79 Å². The molecule has 0 saturated carbocycles. The summed E-state index contributed by atoms with van der Waals surface area (Å²) in [6.07, 6.45) is 3.62. The molecule has 34 heavy (non-hydrogen) atoms. The van der Waals surface area contributed by atoms with Crippen LogP contribution in [0.2, 0.25) is 0 Å². The number of carbonyl (C=O) groups is 3. The summed E-state index contributed by atoms with van der Waals surface area (Å²) in [4.78, 5) is 38.4. The lowest BCUT2D eigenvalue weighted by Gasteiger charge is -2.12. The second-order valence-corrected chi connectivity index (χ2v) is 9.05. The molecule has 7 nitrogen and oxygen atoms in total. The van der Waals surface area contributed by atoms with Gasteiger partial charge in [0.2, 0.25) is 5.76 Å². The van der Waals surface area contributed by atoms with Gasteiger partial charge in [-0.2, -0.15) is 0 Å². The first-order valence-electron chi connectivity index (χ1n) is 10.6. The Morgan fingerprint density at radius 2 is 1.88 bits per heavy atom. The number of carboxylic acid groups (broad SMARTS) is 1. The lowest BCUT2D eigenvalue weighted by atomic mass is 10.1. The van der Waals surface area contributed by atoms with Crippen LogP contribution in [0, 0.1) is 6.92 Å². The number of hydrogen-bond donors (Lipinski definition) is 1. The highest BCUT2D eigenvalue weighted by Crippen LogP contribution is 2.35. The van der Waals surface area contributed by atoms with Gasteiger partial charge in [-0.3, -0.25) is 14.5 Å². The summed E-state index contributed by atoms with van der Waals surface area (Å²) >= 11 is 0.934. The number of amides is 2. The lowest BCUT2D eigenvalue weighted by Crippen LogP contribution is -2.27. The summed E-state index contributed by atoms with van der Waals surface area (Å²) in [5.41, 5.74) is 3.67. The molecule has 4 aromatic rings. The van der Waals surface area contributed by atoms with E-state index < -0.39 is 5.97 Å². The highest BCUT2D eigenvalue weighted by molar-refractivity contribution is 8.18. The van der Waals surface area contributed by atoms with E-state index in [1.54, 1.807) is 12.1 Å². The minimum absolute atomic E-state index is 0.117. The minimum atomic E-state index is -1.12. The predicted octanol–water partition coefficient (Wildman–Crippen LogP) is 5.53. The summed E-state index contributed by atoms with van der Waals surface area (Å²) < 4.78 is 7.34. The molecular formula is C26H20N2O5S. The number of fused-ring (bicyclic) bond motifs is 1. The molecule has 1 fully saturated rings. The molecule has 1 aliphatic heterocycles. The Morgan fingerprint density at radius 1 is 1.06 bits per heavy atom. The van der Waals surface area contributed by atoms with Gasteiger partial charge in [0.05, 0.1) is 18.0 Å². The molecular weight excluding hydrogens is 452 g/mol. The van der Waals surface area contributed by atoms with Gasteiger partial charge in [-0.1, -0.05) is 48.0 Å². The number of aromatic carboxylic acids is 1. The first-order chi connectivity index (χ1) is 16.4. The van der Waals surface area contributed by atoms with E-state index in [0.29, 0.717) is 17.2 Å². The van der Waals surface area contributed by atoms with E-state index in [4.69, 9.17) is 9.52 Å². The van der Waals surface area contributed by atoms with Crippen molar-refractivity contribution in [2.24, 2.45) is 0 Å². The van der Waals surface area contributed by atoms with Crippen LogP contribution in [0.1, 0.15) is 33.0 Å². The van der Waals surface area contributed by atoms with Crippen LogP contribution >= 0.6 is 11.8 Å². The van der Waals surface area contributed by atoms with E-state index in [-0.39, 0.29) is 23.5 Å². The van der Waals surface area contributed by atoms with Gasteiger partial charge in [-0.05, 0) is 48.5 Å². The smallest absolute Gasteiger partial charge is 0.371 e. The molecule has 0 atom stereocenters. The van der Waals surface area contributed by atoms with Crippen LogP contribution in [-0.4, -0.2) is 31.7 Å². The molecule has 0 bridgehead atoms. The third kappa shape index (κ3) is 4.15. The minimum Gasteiger partial charge on any atom is -0.475 e. The van der Waals surface area contributed by atoms with Crippen molar-refractivity contribution in [3.63, 3.8) is 0 Å². The second kappa shape index (κ2) is 8.72. The zero-order chi connectivity index (χ0) is 23.8. The molecule has 2 aromatic carbocycles. The maximum atomic E-state index is 13.0. The Morgan fingerprint density at radius 3 is 2.65 bits per heavy atom. The zero-order valence-electron chi connectivity index (χ0n) is 18.2. The van der Waals surface area contributed by atoms with Crippen LogP contribution in [0.15, 0.2) is 76.2 Å². The molecule has 0 spiro atoms. The Kier molecular flexibility index (Phi) is 5.59. The van der Waals surface area contributed by atoms with Crippen molar-refractivity contribution >= 4 is 45.9 Å². The number of hydrogen-bond acceptors (Lipinski definition) is 5. The number of para-hydroxylation sites is 1. The Labute approximate surface area is 199 Å². The quantitative estimate of drug-likeness (QED) is 0.371. The van der Waals surface area contributed by atoms with Crippen molar-refractivity contribution in [3.8, 4) is 0 Å². The average Bonchev–Trinajstić information content (AvgIpc) is 3.48. The number of aryl methyl sites for hydroxylation is 1. The topological polar surface area (TPSA) is 92.8 Å². The number of benzene rings is 2. The van der Waals surface area contributed by atoms with Crippen molar-refractivity contribution in [2.45, 2.75) is 20.0 Å². The second-order valence-electron chi connectivity index (χ2n) is 8.06. The number of nitrogens with zero attached hydrogens (tertiary/aromatic N) is 2. The number of carbonyl (C=O) groups excluding carboxylic acids is 2. The standard InChI is InChI=1S/C26H20N2O5S/c1-16-5-4-6-17(11-16)13-28-24(29)23(34-26(28)32)12-18-14-27(21-8-3-2-7-20(18)21)15-19-9-10-22(33-19)25(30)31/h2-12,14H,13,15H2,1H3,(H,30,31). The summed E-state index contributed by atoms with van der Waals surface area (Å²) in [5, 5.41) is 9.72. The van der Waals surface area contributed by atoms with Gasteiger partial charge in [0.1, 0.15) is 5.76 Å². The molecule has 8 heteroatoms. The molecule has 2 aromatic heterocycles. The highest BCUT2D eigenvalue weighted by atomic mass is 32.2. The molecule has 1 saturated heterocycles. The molecule has 1 N–H and O–H groups in total. The van der Waals surface area contributed by atoms with Gasteiger partial charge in [-0.25, -0.2) is 4.79 Å². The van der Waals surface area contributed by atoms with Crippen molar-refractivity contribution in [1.82, 2.24) is 9.47 Å². The van der Waals surface area contributed by atoms with Gasteiger partial charge in [0, 0.05) is 22.7 Å². The van der Waals surface area contributed by atoms with E-state index in [1.165, 1.54) is 11.0 Å². The van der Waals surface area contributed by atoms with Crippen molar-refractivity contribution in [1.29, 1.82) is 0 Å². The van der Waals surface area contributed by atoms with Gasteiger partial charge < -0.3 is 14.1 Å². The largest absolute Gasteiger partial charge is 0.475 e. The maximum absolute atomic E-state index is 13.0. The van der Waals surface area contributed by atoms with Crippen LogP contribution in [0.5, 0.6) is 0 Å². The summed E-state index contributed by atoms with van der Waals surface area (Å²) in [6.45, 7) is 2.53. The molecule has 170 valence electrons. The number of aromatic nitrogens is 1. The number of rotatable bonds is 6. The first kappa shape index (κ1) is 21.8. The molecule has 0 unspecified atom stereocenters. The normalized spacial score (nSPS) is 15.1. The van der Waals surface area contributed by atoms with E-state index in [1.807, 2.05) is 66.2 Å². The molecule has 3 heterocycles. The SMILES string of the molecule is Cc1cccc(CN2C(=O)SC(=Cc3cn(Cc4ccc(C(=O)O)o4)c4ccccc34)C2=O)c1. The van der Waals surface area contributed by atoms with Crippen LogP contribution in [-0.2, 0) is 17.9 Å². The highest BCUT2D eigenvalue weighted by Gasteiger charge is 2.35. The summed E-state index contributed by atoms with van der Waals surface area (Å²) in [7, 11) is 0. The number of furan rings is 1. The fourth-order valence-electron chi connectivity index (χ4n) is 4.04. The van der Waals surface area contributed by atoms with E-state index >= 15 is 0 Å². The third-order valence-electron chi connectivity index (χ3n) is 5.60. The first-order valence-corrected chi connectivity index (χ1v) is 11.4. The monoisotopic (exact) mass is 472 g/mol. The fraction of sp³-hybridized carbons (Fsp3) is 0.115. The lowest BCUT2D eigenvalue weighted by molar-refractivity contribution is -0.123. The van der Waals surface area contributed by atoms with Crippen molar-refractivity contribution in [2.75, 3.05) is 0 Å². The van der Waals surface area contributed by atoms with E-state index in [2.05, 4.69) is 0 Å². The molecule has 1 aliphatic rings. The Bertz CT molecular complexity index is 1480. The Hall–Kier alpha value is -4.04. The van der Waals surface area contributed by atoms with Gasteiger partial charge in [0.15, 0.2) is 0 Å².